The minimum atomic E-state index is 0.246. The SMILES string of the molecule is Oc1cccc(OCCC2=CCCNC2)c1. The zero-order valence-corrected chi connectivity index (χ0v) is 9.28. The summed E-state index contributed by atoms with van der Waals surface area (Å²) in [7, 11) is 0. The van der Waals surface area contributed by atoms with Crippen molar-refractivity contribution in [2.24, 2.45) is 0 Å². The molecule has 0 unspecified atom stereocenters. The molecule has 1 aliphatic rings. The Labute approximate surface area is 95.7 Å². The van der Waals surface area contributed by atoms with Crippen molar-refractivity contribution in [2.45, 2.75) is 12.8 Å². The van der Waals surface area contributed by atoms with E-state index < -0.39 is 0 Å². The molecule has 0 bridgehead atoms. The number of aromatic hydroxyl groups is 1. The second-order valence-electron chi connectivity index (χ2n) is 3.92. The van der Waals surface area contributed by atoms with E-state index in [1.807, 2.05) is 6.07 Å². The van der Waals surface area contributed by atoms with E-state index in [2.05, 4.69) is 11.4 Å². The van der Waals surface area contributed by atoms with Crippen molar-refractivity contribution >= 4 is 0 Å². The average molecular weight is 219 g/mol. The summed E-state index contributed by atoms with van der Waals surface area (Å²) in [5, 5.41) is 12.6. The van der Waals surface area contributed by atoms with Gasteiger partial charge < -0.3 is 15.2 Å². The molecule has 3 heteroatoms. The quantitative estimate of drug-likeness (QED) is 0.762. The third-order valence-electron chi connectivity index (χ3n) is 2.62. The van der Waals surface area contributed by atoms with Gasteiger partial charge in [0.15, 0.2) is 0 Å². The maximum atomic E-state index is 9.26. The molecule has 0 saturated heterocycles. The fraction of sp³-hybridized carbons (Fsp3) is 0.385. The van der Waals surface area contributed by atoms with Crippen molar-refractivity contribution in [2.75, 3.05) is 19.7 Å². The van der Waals surface area contributed by atoms with E-state index in [9.17, 15) is 5.11 Å². The smallest absolute Gasteiger partial charge is 0.122 e. The second-order valence-corrected chi connectivity index (χ2v) is 3.92. The highest BCUT2D eigenvalue weighted by Crippen LogP contribution is 2.18. The number of ether oxygens (including phenoxy) is 1. The van der Waals surface area contributed by atoms with E-state index in [0.29, 0.717) is 6.61 Å². The normalized spacial score (nSPS) is 15.6. The highest BCUT2D eigenvalue weighted by atomic mass is 16.5. The van der Waals surface area contributed by atoms with E-state index in [4.69, 9.17) is 4.74 Å². The Hall–Kier alpha value is -1.48. The van der Waals surface area contributed by atoms with Gasteiger partial charge in [-0.2, -0.15) is 0 Å². The Bertz CT molecular complexity index is 374. The van der Waals surface area contributed by atoms with Gasteiger partial charge in [-0.15, -0.1) is 0 Å². The maximum absolute atomic E-state index is 9.26. The Morgan fingerprint density at radius 3 is 3.06 bits per heavy atom. The highest BCUT2D eigenvalue weighted by molar-refractivity contribution is 5.31. The number of phenolic OH excluding ortho intramolecular Hbond substituents is 1. The molecule has 0 aromatic heterocycles. The van der Waals surface area contributed by atoms with Gasteiger partial charge in [0, 0.05) is 19.0 Å². The van der Waals surface area contributed by atoms with E-state index in [0.717, 1.165) is 31.7 Å². The van der Waals surface area contributed by atoms with Gasteiger partial charge in [-0.25, -0.2) is 0 Å². The van der Waals surface area contributed by atoms with Crippen LogP contribution in [0, 0.1) is 0 Å². The van der Waals surface area contributed by atoms with Gasteiger partial charge in [-0.05, 0) is 25.1 Å². The van der Waals surface area contributed by atoms with Crippen LogP contribution in [0.2, 0.25) is 0 Å². The Balaban J connectivity index is 1.77. The molecule has 1 heterocycles. The molecule has 0 spiro atoms. The van der Waals surface area contributed by atoms with Crippen LogP contribution in [0.4, 0.5) is 0 Å². The van der Waals surface area contributed by atoms with Crippen LogP contribution in [0.5, 0.6) is 11.5 Å². The summed E-state index contributed by atoms with van der Waals surface area (Å²) in [6.45, 7) is 2.72. The summed E-state index contributed by atoms with van der Waals surface area (Å²) in [5.41, 5.74) is 1.41. The highest BCUT2D eigenvalue weighted by Gasteiger charge is 2.03. The number of hydrogen-bond donors (Lipinski definition) is 2. The lowest BCUT2D eigenvalue weighted by Crippen LogP contribution is -2.23. The third-order valence-corrected chi connectivity index (χ3v) is 2.62. The van der Waals surface area contributed by atoms with Crippen molar-refractivity contribution < 1.29 is 9.84 Å². The Morgan fingerprint density at radius 1 is 1.38 bits per heavy atom. The molecule has 1 aromatic carbocycles. The van der Waals surface area contributed by atoms with E-state index >= 15 is 0 Å². The molecule has 3 nitrogen and oxygen atoms in total. The molecule has 16 heavy (non-hydrogen) atoms. The second kappa shape index (κ2) is 5.56. The Morgan fingerprint density at radius 2 is 2.31 bits per heavy atom. The van der Waals surface area contributed by atoms with E-state index in [1.165, 1.54) is 5.57 Å². The molecule has 0 atom stereocenters. The van der Waals surface area contributed by atoms with Crippen LogP contribution < -0.4 is 10.1 Å². The molecule has 86 valence electrons. The maximum Gasteiger partial charge on any atom is 0.122 e. The molecule has 1 aliphatic heterocycles. The van der Waals surface area contributed by atoms with Gasteiger partial charge in [-0.1, -0.05) is 17.7 Å². The predicted octanol–water partition coefficient (Wildman–Crippen LogP) is 2.08. The van der Waals surface area contributed by atoms with Crippen molar-refractivity contribution in [3.63, 3.8) is 0 Å². The topological polar surface area (TPSA) is 41.5 Å². The van der Waals surface area contributed by atoms with Crippen LogP contribution in [0.3, 0.4) is 0 Å². The van der Waals surface area contributed by atoms with Crippen LogP contribution >= 0.6 is 0 Å². The lowest BCUT2D eigenvalue weighted by atomic mass is 10.1. The monoisotopic (exact) mass is 219 g/mol. The first kappa shape index (κ1) is 11.0. The number of hydrogen-bond acceptors (Lipinski definition) is 3. The van der Waals surface area contributed by atoms with Gasteiger partial charge in [0.05, 0.1) is 6.61 Å². The van der Waals surface area contributed by atoms with Crippen molar-refractivity contribution in [3.05, 3.63) is 35.9 Å². The summed E-state index contributed by atoms with van der Waals surface area (Å²) in [6.07, 6.45) is 4.34. The average Bonchev–Trinajstić information content (AvgIpc) is 2.30. The number of phenols is 1. The van der Waals surface area contributed by atoms with E-state index in [-0.39, 0.29) is 5.75 Å². The first-order valence-corrected chi connectivity index (χ1v) is 5.65. The fourth-order valence-electron chi connectivity index (χ4n) is 1.76. The van der Waals surface area contributed by atoms with Crippen LogP contribution in [0.25, 0.3) is 0 Å². The molecular formula is C13H17NO2. The van der Waals surface area contributed by atoms with Gasteiger partial charge >= 0.3 is 0 Å². The number of rotatable bonds is 4. The molecule has 0 radical (unpaired) electrons. The lowest BCUT2D eigenvalue weighted by Gasteiger charge is -2.14. The first-order valence-electron chi connectivity index (χ1n) is 5.65. The summed E-state index contributed by atoms with van der Waals surface area (Å²) < 4.78 is 5.56. The summed E-state index contributed by atoms with van der Waals surface area (Å²) in [6, 6.07) is 6.91. The minimum Gasteiger partial charge on any atom is -0.508 e. The first-order chi connectivity index (χ1) is 7.84. The van der Waals surface area contributed by atoms with Crippen molar-refractivity contribution in [3.8, 4) is 11.5 Å². The summed E-state index contributed by atoms with van der Waals surface area (Å²) in [4.78, 5) is 0. The minimum absolute atomic E-state index is 0.246. The molecule has 1 aromatic rings. The molecule has 2 N–H and O–H groups in total. The summed E-state index contributed by atoms with van der Waals surface area (Å²) in [5.74, 6) is 0.973. The van der Waals surface area contributed by atoms with Crippen molar-refractivity contribution in [1.29, 1.82) is 0 Å². The molecule has 2 rings (SSSR count). The van der Waals surface area contributed by atoms with Gasteiger partial charge in [0.25, 0.3) is 0 Å². The molecule has 0 saturated carbocycles. The van der Waals surface area contributed by atoms with Crippen molar-refractivity contribution in [1.82, 2.24) is 5.32 Å². The van der Waals surface area contributed by atoms with Gasteiger partial charge in [0.2, 0.25) is 0 Å². The largest absolute Gasteiger partial charge is 0.508 e. The van der Waals surface area contributed by atoms with E-state index in [1.54, 1.807) is 18.2 Å². The molecule has 0 aliphatic carbocycles. The summed E-state index contributed by atoms with van der Waals surface area (Å²) >= 11 is 0. The number of nitrogens with one attached hydrogen (secondary N) is 1. The standard InChI is InChI=1S/C13H17NO2/c15-12-4-1-5-13(9-12)16-8-6-11-3-2-7-14-10-11/h1,3-5,9,14-15H,2,6-8,10H2. The van der Waals surface area contributed by atoms with Gasteiger partial charge in [-0.3, -0.25) is 0 Å². The number of benzene rings is 1. The van der Waals surface area contributed by atoms with Gasteiger partial charge in [0.1, 0.15) is 11.5 Å². The molecule has 0 amide bonds. The van der Waals surface area contributed by atoms with Crippen LogP contribution in [0.15, 0.2) is 35.9 Å². The third kappa shape index (κ3) is 3.28. The van der Waals surface area contributed by atoms with Crippen LogP contribution in [-0.4, -0.2) is 24.8 Å². The fourth-order valence-corrected chi connectivity index (χ4v) is 1.76. The zero-order chi connectivity index (χ0) is 11.2. The lowest BCUT2D eigenvalue weighted by molar-refractivity contribution is 0.317. The predicted molar refractivity (Wildman–Crippen MR) is 63.8 cm³/mol. The molecule has 0 fully saturated rings. The molecular weight excluding hydrogens is 202 g/mol. The zero-order valence-electron chi connectivity index (χ0n) is 9.28. The van der Waals surface area contributed by atoms with Crippen LogP contribution in [0.1, 0.15) is 12.8 Å². The van der Waals surface area contributed by atoms with Crippen LogP contribution in [-0.2, 0) is 0 Å². The Kier molecular flexibility index (Phi) is 3.83.